The molecule has 0 aromatic heterocycles. The van der Waals surface area contributed by atoms with E-state index in [1.54, 1.807) is 0 Å². The molecule has 0 aromatic carbocycles. The molecule has 1 N–H and O–H groups in total. The molecule has 17 heavy (non-hydrogen) atoms. The number of hydrogen-bond acceptors (Lipinski definition) is 2. The van der Waals surface area contributed by atoms with Crippen molar-refractivity contribution < 1.29 is 0 Å². The maximum absolute atomic E-state index is 3.98. The minimum absolute atomic E-state index is 0.515. The van der Waals surface area contributed by atoms with Crippen molar-refractivity contribution in [2.45, 2.75) is 63.7 Å². The molecule has 3 unspecified atom stereocenters. The van der Waals surface area contributed by atoms with Crippen LogP contribution in [-0.2, 0) is 0 Å². The average Bonchev–Trinajstić information content (AvgIpc) is 2.89. The van der Waals surface area contributed by atoms with Gasteiger partial charge in [-0.2, -0.15) is 11.8 Å². The third-order valence-corrected chi connectivity index (χ3v) is 7.56. The van der Waals surface area contributed by atoms with Crippen molar-refractivity contribution in [2.24, 2.45) is 16.7 Å². The smallest absolute Gasteiger partial charge is 0.0282 e. The summed E-state index contributed by atoms with van der Waals surface area (Å²) in [6.45, 7) is 8.76. The van der Waals surface area contributed by atoms with Gasteiger partial charge in [0.15, 0.2) is 0 Å². The highest BCUT2D eigenvalue weighted by molar-refractivity contribution is 8.00. The van der Waals surface area contributed by atoms with Gasteiger partial charge in [-0.1, -0.05) is 20.8 Å². The van der Waals surface area contributed by atoms with Crippen LogP contribution in [-0.4, -0.2) is 23.6 Å². The van der Waals surface area contributed by atoms with E-state index in [4.69, 9.17) is 0 Å². The number of rotatable bonds is 4. The lowest BCUT2D eigenvalue weighted by Gasteiger charge is -2.44. The molecule has 0 spiro atoms. The van der Waals surface area contributed by atoms with Gasteiger partial charge in [-0.25, -0.2) is 0 Å². The first-order valence-corrected chi connectivity index (χ1v) is 8.43. The van der Waals surface area contributed by atoms with Crippen molar-refractivity contribution in [2.75, 3.05) is 12.8 Å². The predicted molar refractivity (Wildman–Crippen MR) is 76.5 cm³/mol. The van der Waals surface area contributed by atoms with Crippen molar-refractivity contribution in [3.8, 4) is 0 Å². The summed E-state index contributed by atoms with van der Waals surface area (Å²) >= 11 is 2.08. The molecular formula is C15H27NS. The van der Waals surface area contributed by atoms with Crippen LogP contribution in [0, 0.1) is 16.7 Å². The minimum Gasteiger partial charge on any atom is -0.312 e. The average molecular weight is 253 g/mol. The highest BCUT2D eigenvalue weighted by Gasteiger charge is 2.59. The van der Waals surface area contributed by atoms with Crippen LogP contribution in [0.15, 0.2) is 0 Å². The van der Waals surface area contributed by atoms with Gasteiger partial charge < -0.3 is 5.32 Å². The van der Waals surface area contributed by atoms with Gasteiger partial charge in [0, 0.05) is 17.3 Å². The Labute approximate surface area is 111 Å². The van der Waals surface area contributed by atoms with Gasteiger partial charge in [0.1, 0.15) is 0 Å². The van der Waals surface area contributed by atoms with Crippen LogP contribution in [0.3, 0.4) is 0 Å². The van der Waals surface area contributed by atoms with Crippen molar-refractivity contribution in [1.29, 1.82) is 0 Å². The summed E-state index contributed by atoms with van der Waals surface area (Å²) < 4.78 is 0.605. The van der Waals surface area contributed by atoms with Crippen LogP contribution >= 0.6 is 11.8 Å². The maximum Gasteiger partial charge on any atom is 0.0282 e. The van der Waals surface area contributed by atoms with Crippen LogP contribution in [0.25, 0.3) is 0 Å². The Morgan fingerprint density at radius 2 is 1.88 bits per heavy atom. The second kappa shape index (κ2) is 3.66. The van der Waals surface area contributed by atoms with Crippen LogP contribution in [0.2, 0.25) is 0 Å². The standard InChI is InChI=1S/C15H27NS/c1-13(2)11-5-6-14(3,9-11)12(13)16-10-15(17-4)7-8-15/h11-12,16H,5-10H2,1-4H3. The van der Waals surface area contributed by atoms with Crippen LogP contribution in [0.5, 0.6) is 0 Å². The van der Waals surface area contributed by atoms with Crippen LogP contribution in [0.1, 0.15) is 52.9 Å². The number of fused-ring (bicyclic) bond motifs is 2. The Morgan fingerprint density at radius 1 is 1.18 bits per heavy atom. The SMILES string of the molecule is CSC1(CNC2C3(C)CCC(C3)C2(C)C)CC1. The molecular weight excluding hydrogens is 226 g/mol. The fourth-order valence-corrected chi connectivity index (χ4v) is 5.43. The van der Waals surface area contributed by atoms with E-state index in [1.807, 2.05) is 0 Å². The molecule has 0 heterocycles. The molecule has 3 aliphatic carbocycles. The number of nitrogens with one attached hydrogen (secondary N) is 1. The van der Waals surface area contributed by atoms with Crippen molar-refractivity contribution in [1.82, 2.24) is 5.32 Å². The summed E-state index contributed by atoms with van der Waals surface area (Å²) in [5, 5.41) is 3.98. The van der Waals surface area contributed by atoms with E-state index in [0.717, 1.165) is 12.0 Å². The van der Waals surface area contributed by atoms with Gasteiger partial charge in [-0.15, -0.1) is 0 Å². The summed E-state index contributed by atoms with van der Waals surface area (Å²) in [7, 11) is 0. The van der Waals surface area contributed by atoms with Crippen LogP contribution in [0.4, 0.5) is 0 Å². The topological polar surface area (TPSA) is 12.0 Å². The van der Waals surface area contributed by atoms with E-state index < -0.39 is 0 Å². The monoisotopic (exact) mass is 253 g/mol. The zero-order valence-corrected chi connectivity index (χ0v) is 12.6. The lowest BCUT2D eigenvalue weighted by molar-refractivity contribution is 0.109. The molecule has 98 valence electrons. The molecule has 1 nitrogen and oxygen atoms in total. The van der Waals surface area contributed by atoms with E-state index in [-0.39, 0.29) is 0 Å². The molecule has 0 saturated heterocycles. The first-order valence-electron chi connectivity index (χ1n) is 7.20. The van der Waals surface area contributed by atoms with Gasteiger partial charge in [0.2, 0.25) is 0 Å². The zero-order valence-electron chi connectivity index (χ0n) is 11.8. The lowest BCUT2D eigenvalue weighted by Crippen LogP contribution is -2.52. The van der Waals surface area contributed by atoms with E-state index in [0.29, 0.717) is 15.6 Å². The summed E-state index contributed by atoms with van der Waals surface area (Å²) in [6, 6.07) is 0.748. The van der Waals surface area contributed by atoms with E-state index in [1.165, 1.54) is 38.6 Å². The molecule has 2 heteroatoms. The van der Waals surface area contributed by atoms with Gasteiger partial charge in [-0.05, 0) is 55.1 Å². The summed E-state index contributed by atoms with van der Waals surface area (Å²) in [5.41, 5.74) is 1.10. The lowest BCUT2D eigenvalue weighted by atomic mass is 9.68. The molecule has 3 saturated carbocycles. The van der Waals surface area contributed by atoms with Gasteiger partial charge >= 0.3 is 0 Å². The van der Waals surface area contributed by atoms with Gasteiger partial charge in [0.25, 0.3) is 0 Å². The van der Waals surface area contributed by atoms with Gasteiger partial charge in [0.05, 0.1) is 0 Å². The van der Waals surface area contributed by atoms with E-state index in [9.17, 15) is 0 Å². The molecule has 0 aromatic rings. The second-order valence-electron chi connectivity index (χ2n) is 7.62. The summed E-state index contributed by atoms with van der Waals surface area (Å²) in [5.74, 6) is 0.967. The molecule has 3 atom stereocenters. The van der Waals surface area contributed by atoms with E-state index in [2.05, 4.69) is 44.1 Å². The molecule has 0 amide bonds. The fourth-order valence-electron chi connectivity index (χ4n) is 4.69. The molecule has 3 aliphatic rings. The number of thioether (sulfide) groups is 1. The van der Waals surface area contributed by atoms with Gasteiger partial charge in [-0.3, -0.25) is 0 Å². The third-order valence-electron chi connectivity index (χ3n) is 6.14. The summed E-state index contributed by atoms with van der Waals surface area (Å²) in [6.07, 6.45) is 9.51. The first-order chi connectivity index (χ1) is 7.92. The van der Waals surface area contributed by atoms with Crippen molar-refractivity contribution >= 4 is 11.8 Å². The van der Waals surface area contributed by atoms with E-state index >= 15 is 0 Å². The Kier molecular flexibility index (Phi) is 2.66. The Morgan fingerprint density at radius 3 is 2.35 bits per heavy atom. The maximum atomic E-state index is 3.98. The predicted octanol–water partition coefficient (Wildman–Crippen LogP) is 3.69. The normalized spacial score (nSPS) is 45.2. The fraction of sp³-hybridized carbons (Fsp3) is 1.00. The first kappa shape index (κ1) is 12.3. The largest absolute Gasteiger partial charge is 0.312 e. The molecule has 3 rings (SSSR count). The molecule has 2 bridgehead atoms. The minimum atomic E-state index is 0.515. The Balaban J connectivity index is 1.70. The van der Waals surface area contributed by atoms with Crippen molar-refractivity contribution in [3.63, 3.8) is 0 Å². The van der Waals surface area contributed by atoms with Crippen molar-refractivity contribution in [3.05, 3.63) is 0 Å². The Bertz CT molecular complexity index is 316. The third kappa shape index (κ3) is 1.78. The molecule has 0 aliphatic heterocycles. The number of hydrogen-bond donors (Lipinski definition) is 1. The second-order valence-corrected chi connectivity index (χ2v) is 8.89. The highest BCUT2D eigenvalue weighted by atomic mass is 32.2. The molecule has 0 radical (unpaired) electrons. The zero-order chi connectivity index (χ0) is 12.3. The summed E-state index contributed by atoms with van der Waals surface area (Å²) in [4.78, 5) is 0. The van der Waals surface area contributed by atoms with Crippen LogP contribution < -0.4 is 5.32 Å². The highest BCUT2D eigenvalue weighted by Crippen LogP contribution is 2.62. The Hall–Kier alpha value is 0.310. The quantitative estimate of drug-likeness (QED) is 0.820. The molecule has 3 fully saturated rings.